The largest absolute Gasteiger partial charge is 0.481 e. The molecule has 16 heavy (non-hydrogen) atoms. The number of carboxylic acid groups (broad SMARTS) is 1. The van der Waals surface area contributed by atoms with Gasteiger partial charge in [-0.2, -0.15) is 0 Å². The van der Waals surface area contributed by atoms with Gasteiger partial charge in [-0.25, -0.2) is 0 Å². The van der Waals surface area contributed by atoms with Crippen molar-refractivity contribution in [2.75, 3.05) is 5.73 Å². The van der Waals surface area contributed by atoms with Gasteiger partial charge in [0.25, 0.3) is 0 Å². The third-order valence-corrected chi connectivity index (χ3v) is 2.18. The highest BCUT2D eigenvalue weighted by atomic mass is 35.5. The molecule has 1 aromatic rings. The number of carbonyl (C=O) groups excluding carboxylic acids is 1. The molecular formula is C10H10ClNO4. The van der Waals surface area contributed by atoms with Gasteiger partial charge in [0.05, 0.1) is 0 Å². The second-order valence-electron chi connectivity index (χ2n) is 3.04. The molecule has 0 aliphatic carbocycles. The quantitative estimate of drug-likeness (QED) is 0.474. The molecule has 1 aromatic carbocycles. The Balaban J connectivity index is 2.61. The number of anilines is 1. The van der Waals surface area contributed by atoms with E-state index in [4.69, 9.17) is 27.2 Å². The normalized spacial score (nSPS) is 9.81. The maximum atomic E-state index is 11.0. The summed E-state index contributed by atoms with van der Waals surface area (Å²) in [7, 11) is 0. The minimum atomic E-state index is -1.24. The van der Waals surface area contributed by atoms with Crippen LogP contribution in [-0.2, 0) is 20.9 Å². The van der Waals surface area contributed by atoms with Crippen molar-refractivity contribution >= 4 is 29.2 Å². The van der Waals surface area contributed by atoms with E-state index in [2.05, 4.69) is 0 Å². The van der Waals surface area contributed by atoms with Crippen LogP contribution in [0.2, 0.25) is 5.02 Å². The van der Waals surface area contributed by atoms with Crippen LogP contribution in [0.1, 0.15) is 12.0 Å². The molecule has 0 heterocycles. The molecule has 1 rings (SSSR count). The van der Waals surface area contributed by atoms with Gasteiger partial charge in [-0.3, -0.25) is 9.59 Å². The van der Waals surface area contributed by atoms with E-state index in [1.165, 1.54) is 0 Å². The standard InChI is InChI=1S/C10H10ClNO4/c11-7-2-1-3-8(12)6(7)5-16-10(15)4-9(13)14/h1-3H,4-5,12H2,(H,13,14). The number of benzene rings is 1. The Morgan fingerprint density at radius 2 is 2.12 bits per heavy atom. The van der Waals surface area contributed by atoms with Gasteiger partial charge in [0.15, 0.2) is 0 Å². The van der Waals surface area contributed by atoms with E-state index >= 15 is 0 Å². The molecule has 3 N–H and O–H groups in total. The van der Waals surface area contributed by atoms with E-state index in [1.807, 2.05) is 0 Å². The first-order valence-corrected chi connectivity index (χ1v) is 4.78. The van der Waals surface area contributed by atoms with Crippen LogP contribution in [0.25, 0.3) is 0 Å². The van der Waals surface area contributed by atoms with E-state index in [1.54, 1.807) is 18.2 Å². The molecule has 0 unspecified atom stereocenters. The fraction of sp³-hybridized carbons (Fsp3) is 0.200. The van der Waals surface area contributed by atoms with Crippen LogP contribution in [0.3, 0.4) is 0 Å². The lowest BCUT2D eigenvalue weighted by atomic mass is 10.2. The molecule has 0 aliphatic heterocycles. The third-order valence-electron chi connectivity index (χ3n) is 1.83. The number of carboxylic acids is 1. The monoisotopic (exact) mass is 243 g/mol. The number of esters is 1. The maximum absolute atomic E-state index is 11.0. The Labute approximate surface area is 96.8 Å². The summed E-state index contributed by atoms with van der Waals surface area (Å²) in [5.74, 6) is -2.07. The lowest BCUT2D eigenvalue weighted by Gasteiger charge is -2.08. The molecule has 0 aliphatic rings. The van der Waals surface area contributed by atoms with Gasteiger partial charge in [0.2, 0.25) is 0 Å². The first-order chi connectivity index (χ1) is 7.50. The van der Waals surface area contributed by atoms with Crippen molar-refractivity contribution < 1.29 is 19.4 Å². The van der Waals surface area contributed by atoms with Crippen LogP contribution in [0, 0.1) is 0 Å². The lowest BCUT2D eigenvalue weighted by molar-refractivity contribution is -0.152. The first kappa shape index (κ1) is 12.3. The summed E-state index contributed by atoms with van der Waals surface area (Å²) < 4.78 is 4.72. The van der Waals surface area contributed by atoms with Crippen molar-refractivity contribution in [3.8, 4) is 0 Å². The molecule has 0 fully saturated rings. The molecule has 0 saturated carbocycles. The number of rotatable bonds is 4. The first-order valence-electron chi connectivity index (χ1n) is 4.41. The van der Waals surface area contributed by atoms with E-state index in [0.717, 1.165) is 0 Å². The number of carbonyl (C=O) groups is 2. The molecule has 6 heteroatoms. The number of ether oxygens (including phenoxy) is 1. The molecule has 0 amide bonds. The van der Waals surface area contributed by atoms with E-state index in [-0.39, 0.29) is 6.61 Å². The lowest BCUT2D eigenvalue weighted by Crippen LogP contribution is -2.11. The van der Waals surface area contributed by atoms with Gasteiger partial charge < -0.3 is 15.6 Å². The van der Waals surface area contributed by atoms with Crippen molar-refractivity contribution in [1.82, 2.24) is 0 Å². The fourth-order valence-corrected chi connectivity index (χ4v) is 1.29. The predicted octanol–water partition coefficient (Wildman–Crippen LogP) is 1.44. The number of nitrogen functional groups attached to an aromatic ring is 1. The fourth-order valence-electron chi connectivity index (χ4n) is 1.05. The zero-order valence-corrected chi connectivity index (χ0v) is 9.03. The van der Waals surface area contributed by atoms with Crippen molar-refractivity contribution in [3.05, 3.63) is 28.8 Å². The summed E-state index contributed by atoms with van der Waals surface area (Å²) in [5, 5.41) is 8.72. The Morgan fingerprint density at radius 1 is 1.44 bits per heavy atom. The minimum absolute atomic E-state index is 0.127. The summed E-state index contributed by atoms with van der Waals surface area (Å²) in [6.45, 7) is -0.127. The Hall–Kier alpha value is -1.75. The smallest absolute Gasteiger partial charge is 0.317 e. The number of hydrogen-bond donors (Lipinski definition) is 2. The number of nitrogens with two attached hydrogens (primary N) is 1. The minimum Gasteiger partial charge on any atom is -0.481 e. The maximum Gasteiger partial charge on any atom is 0.317 e. The molecular weight excluding hydrogens is 234 g/mol. The highest BCUT2D eigenvalue weighted by molar-refractivity contribution is 6.31. The molecule has 0 aromatic heterocycles. The van der Waals surface area contributed by atoms with Crippen LogP contribution < -0.4 is 5.73 Å². The summed E-state index contributed by atoms with van der Waals surface area (Å²) in [4.78, 5) is 21.2. The van der Waals surface area contributed by atoms with Crippen LogP contribution in [0.15, 0.2) is 18.2 Å². The summed E-state index contributed by atoms with van der Waals surface area (Å²) in [6.07, 6.45) is -0.676. The van der Waals surface area contributed by atoms with Gasteiger partial charge in [-0.1, -0.05) is 17.7 Å². The van der Waals surface area contributed by atoms with Crippen LogP contribution in [0.5, 0.6) is 0 Å². The topological polar surface area (TPSA) is 89.6 Å². The van der Waals surface area contributed by atoms with Crippen molar-refractivity contribution in [1.29, 1.82) is 0 Å². The zero-order valence-electron chi connectivity index (χ0n) is 8.27. The van der Waals surface area contributed by atoms with Crippen molar-refractivity contribution in [2.24, 2.45) is 0 Å². The van der Waals surface area contributed by atoms with Gasteiger partial charge in [0, 0.05) is 16.3 Å². The van der Waals surface area contributed by atoms with E-state index < -0.39 is 18.4 Å². The summed E-state index contributed by atoms with van der Waals surface area (Å²) in [6, 6.07) is 4.89. The van der Waals surface area contributed by atoms with Gasteiger partial charge in [-0.15, -0.1) is 0 Å². The van der Waals surface area contributed by atoms with E-state index in [9.17, 15) is 9.59 Å². The van der Waals surface area contributed by atoms with Crippen molar-refractivity contribution in [3.63, 3.8) is 0 Å². The highest BCUT2D eigenvalue weighted by Crippen LogP contribution is 2.22. The summed E-state index contributed by atoms with van der Waals surface area (Å²) in [5.41, 5.74) is 6.49. The number of hydrogen-bond acceptors (Lipinski definition) is 4. The molecule has 0 bridgehead atoms. The summed E-state index contributed by atoms with van der Waals surface area (Å²) >= 11 is 5.83. The average molecular weight is 244 g/mol. The van der Waals surface area contributed by atoms with Crippen LogP contribution in [0.4, 0.5) is 5.69 Å². The number of halogens is 1. The molecule has 86 valence electrons. The predicted molar refractivity (Wildman–Crippen MR) is 57.9 cm³/mol. The van der Waals surface area contributed by atoms with Crippen LogP contribution in [-0.4, -0.2) is 17.0 Å². The molecule has 5 nitrogen and oxygen atoms in total. The second kappa shape index (κ2) is 5.37. The van der Waals surface area contributed by atoms with Gasteiger partial charge >= 0.3 is 11.9 Å². The SMILES string of the molecule is Nc1cccc(Cl)c1COC(=O)CC(=O)O. The van der Waals surface area contributed by atoms with Gasteiger partial charge in [-0.05, 0) is 12.1 Å². The number of aliphatic carboxylic acids is 1. The molecule has 0 atom stereocenters. The average Bonchev–Trinajstić information content (AvgIpc) is 2.15. The molecule has 0 saturated heterocycles. The Kier molecular flexibility index (Phi) is 4.13. The molecule has 0 radical (unpaired) electrons. The zero-order chi connectivity index (χ0) is 12.1. The Morgan fingerprint density at radius 3 is 2.69 bits per heavy atom. The van der Waals surface area contributed by atoms with Crippen LogP contribution >= 0.6 is 11.6 Å². The third kappa shape index (κ3) is 3.43. The van der Waals surface area contributed by atoms with Crippen molar-refractivity contribution in [2.45, 2.75) is 13.0 Å². The second-order valence-corrected chi connectivity index (χ2v) is 3.45. The highest BCUT2D eigenvalue weighted by Gasteiger charge is 2.11. The Bertz CT molecular complexity index is 399. The molecule has 0 spiro atoms. The van der Waals surface area contributed by atoms with E-state index in [0.29, 0.717) is 16.3 Å². The van der Waals surface area contributed by atoms with Gasteiger partial charge in [0.1, 0.15) is 13.0 Å².